The fourth-order valence-electron chi connectivity index (χ4n) is 1.28. The first kappa shape index (κ1) is 14.4. The molecule has 8 nitrogen and oxygen atoms in total. The summed E-state index contributed by atoms with van der Waals surface area (Å²) in [4.78, 5) is 9.72. The Morgan fingerprint density at radius 1 is 1.44 bits per heavy atom. The van der Waals surface area contributed by atoms with Crippen molar-refractivity contribution >= 4 is 21.4 Å². The SMILES string of the molecule is CCCNS(=O)(=O)c1cc([N+](=O)[O-])ccc1NN. The molecule has 0 saturated carbocycles. The lowest BCUT2D eigenvalue weighted by molar-refractivity contribution is -0.385. The highest BCUT2D eigenvalue weighted by Gasteiger charge is 2.21. The topological polar surface area (TPSA) is 127 Å². The third-order valence-corrected chi connectivity index (χ3v) is 3.66. The predicted octanol–water partition coefficient (Wildman–Crippen LogP) is 0.569. The van der Waals surface area contributed by atoms with Gasteiger partial charge in [0, 0.05) is 18.7 Å². The van der Waals surface area contributed by atoms with Gasteiger partial charge in [-0.3, -0.25) is 16.0 Å². The van der Waals surface area contributed by atoms with E-state index in [1.165, 1.54) is 12.1 Å². The van der Waals surface area contributed by atoms with E-state index in [9.17, 15) is 18.5 Å². The van der Waals surface area contributed by atoms with Gasteiger partial charge < -0.3 is 5.43 Å². The van der Waals surface area contributed by atoms with Gasteiger partial charge in [0.05, 0.1) is 10.6 Å². The molecule has 0 bridgehead atoms. The van der Waals surface area contributed by atoms with Crippen LogP contribution in [0.3, 0.4) is 0 Å². The molecular formula is C9H14N4O4S. The summed E-state index contributed by atoms with van der Waals surface area (Å²) in [6.07, 6.45) is 0.611. The maximum absolute atomic E-state index is 11.9. The lowest BCUT2D eigenvalue weighted by atomic mass is 10.3. The Kier molecular flexibility index (Phi) is 4.59. The monoisotopic (exact) mass is 274 g/mol. The number of non-ortho nitro benzene ring substituents is 1. The highest BCUT2D eigenvalue weighted by Crippen LogP contribution is 2.25. The zero-order valence-corrected chi connectivity index (χ0v) is 10.5. The van der Waals surface area contributed by atoms with Crippen molar-refractivity contribution in [3.05, 3.63) is 28.3 Å². The second-order valence-electron chi connectivity index (χ2n) is 3.48. The van der Waals surface area contributed by atoms with Gasteiger partial charge >= 0.3 is 0 Å². The minimum Gasteiger partial charge on any atom is -0.323 e. The van der Waals surface area contributed by atoms with E-state index in [-0.39, 0.29) is 22.8 Å². The number of nitrogen functional groups attached to an aromatic ring is 1. The highest BCUT2D eigenvalue weighted by atomic mass is 32.2. The maximum atomic E-state index is 11.9. The maximum Gasteiger partial charge on any atom is 0.270 e. The van der Waals surface area contributed by atoms with E-state index in [2.05, 4.69) is 10.1 Å². The summed E-state index contributed by atoms with van der Waals surface area (Å²) in [6, 6.07) is 3.39. The first-order chi connectivity index (χ1) is 8.42. The number of nitrogens with zero attached hydrogens (tertiary/aromatic N) is 1. The van der Waals surface area contributed by atoms with Crippen LogP contribution in [0.4, 0.5) is 11.4 Å². The van der Waals surface area contributed by atoms with Crippen LogP contribution in [0.1, 0.15) is 13.3 Å². The van der Waals surface area contributed by atoms with Gasteiger partial charge in [-0.2, -0.15) is 0 Å². The van der Waals surface area contributed by atoms with E-state index in [0.29, 0.717) is 6.42 Å². The molecule has 0 fully saturated rings. The number of nitrogens with two attached hydrogens (primary N) is 1. The molecule has 1 aromatic carbocycles. The third kappa shape index (κ3) is 3.15. The molecule has 0 aliphatic rings. The van der Waals surface area contributed by atoms with Gasteiger partial charge in [0.1, 0.15) is 4.90 Å². The molecule has 100 valence electrons. The minimum absolute atomic E-state index is 0.101. The number of anilines is 1. The summed E-state index contributed by atoms with van der Waals surface area (Å²) in [5, 5.41) is 10.6. The van der Waals surface area contributed by atoms with Crippen LogP contribution in [0.2, 0.25) is 0 Å². The Balaban J connectivity index is 3.27. The van der Waals surface area contributed by atoms with Gasteiger partial charge in [0.2, 0.25) is 10.0 Å². The molecule has 1 rings (SSSR count). The van der Waals surface area contributed by atoms with Crippen LogP contribution in [-0.4, -0.2) is 19.9 Å². The van der Waals surface area contributed by atoms with Crippen LogP contribution in [0.25, 0.3) is 0 Å². The van der Waals surface area contributed by atoms with E-state index >= 15 is 0 Å². The fourth-order valence-corrected chi connectivity index (χ4v) is 2.60. The summed E-state index contributed by atoms with van der Waals surface area (Å²) in [5.74, 6) is 5.19. The number of hydrogen-bond donors (Lipinski definition) is 3. The van der Waals surface area contributed by atoms with Crippen molar-refractivity contribution in [3.63, 3.8) is 0 Å². The van der Waals surface area contributed by atoms with Crippen molar-refractivity contribution in [3.8, 4) is 0 Å². The first-order valence-corrected chi connectivity index (χ1v) is 6.65. The van der Waals surface area contributed by atoms with E-state index < -0.39 is 14.9 Å². The molecule has 18 heavy (non-hydrogen) atoms. The molecule has 0 spiro atoms. The lowest BCUT2D eigenvalue weighted by Crippen LogP contribution is -2.26. The second kappa shape index (κ2) is 5.76. The molecule has 0 heterocycles. The Bertz CT molecular complexity index is 543. The number of hydrazine groups is 1. The van der Waals surface area contributed by atoms with Crippen LogP contribution < -0.4 is 16.0 Å². The van der Waals surface area contributed by atoms with Crippen LogP contribution in [0.5, 0.6) is 0 Å². The van der Waals surface area contributed by atoms with Crippen LogP contribution in [0, 0.1) is 10.1 Å². The predicted molar refractivity (Wildman–Crippen MR) is 66.4 cm³/mol. The molecule has 4 N–H and O–H groups in total. The molecular weight excluding hydrogens is 260 g/mol. The molecule has 0 atom stereocenters. The van der Waals surface area contributed by atoms with E-state index in [1.807, 2.05) is 0 Å². The lowest BCUT2D eigenvalue weighted by Gasteiger charge is -2.10. The quantitative estimate of drug-likeness (QED) is 0.395. The molecule has 0 unspecified atom stereocenters. The molecule has 9 heteroatoms. The van der Waals surface area contributed by atoms with Crippen LogP contribution >= 0.6 is 0 Å². The van der Waals surface area contributed by atoms with E-state index in [1.54, 1.807) is 6.92 Å². The number of nitro benzene ring substituents is 1. The molecule has 0 amide bonds. The fraction of sp³-hybridized carbons (Fsp3) is 0.333. The summed E-state index contributed by atoms with van der Waals surface area (Å²) in [7, 11) is -3.82. The Morgan fingerprint density at radius 3 is 2.61 bits per heavy atom. The summed E-state index contributed by atoms with van der Waals surface area (Å²) < 4.78 is 26.2. The zero-order valence-electron chi connectivity index (χ0n) is 9.71. The van der Waals surface area contributed by atoms with Gasteiger partial charge in [-0.05, 0) is 12.5 Å². The summed E-state index contributed by atoms with van der Waals surface area (Å²) in [6.45, 7) is 2.05. The van der Waals surface area contributed by atoms with Crippen molar-refractivity contribution in [1.29, 1.82) is 0 Å². The normalized spacial score (nSPS) is 11.2. The largest absolute Gasteiger partial charge is 0.323 e. The molecule has 0 aliphatic heterocycles. The van der Waals surface area contributed by atoms with E-state index in [4.69, 9.17) is 5.84 Å². The van der Waals surface area contributed by atoms with Crippen molar-refractivity contribution in [2.45, 2.75) is 18.2 Å². The van der Waals surface area contributed by atoms with Gasteiger partial charge in [-0.1, -0.05) is 6.92 Å². The van der Waals surface area contributed by atoms with Crippen LogP contribution in [0.15, 0.2) is 23.1 Å². The Labute approximate surface area is 104 Å². The van der Waals surface area contributed by atoms with Gasteiger partial charge in [0.25, 0.3) is 5.69 Å². The van der Waals surface area contributed by atoms with Crippen molar-refractivity contribution in [2.75, 3.05) is 12.0 Å². The smallest absolute Gasteiger partial charge is 0.270 e. The van der Waals surface area contributed by atoms with E-state index in [0.717, 1.165) is 6.07 Å². The molecule has 0 aliphatic carbocycles. The first-order valence-electron chi connectivity index (χ1n) is 5.17. The number of nitro groups is 1. The Hall–Kier alpha value is -1.71. The number of hydrogen-bond acceptors (Lipinski definition) is 6. The standard InChI is InChI=1S/C9H14N4O4S/c1-2-5-11-18(16,17)9-6-7(13(14)15)3-4-8(9)12-10/h3-4,6,11-12H,2,5,10H2,1H3. The number of benzene rings is 1. The number of rotatable bonds is 6. The second-order valence-corrected chi connectivity index (χ2v) is 5.22. The number of sulfonamides is 1. The summed E-state index contributed by atoms with van der Waals surface area (Å²) >= 11 is 0. The molecule has 0 saturated heterocycles. The average Bonchev–Trinajstić information content (AvgIpc) is 2.35. The van der Waals surface area contributed by atoms with Crippen LogP contribution in [-0.2, 0) is 10.0 Å². The van der Waals surface area contributed by atoms with Gasteiger partial charge in [0.15, 0.2) is 0 Å². The Morgan fingerprint density at radius 2 is 2.11 bits per heavy atom. The average molecular weight is 274 g/mol. The summed E-state index contributed by atoms with van der Waals surface area (Å²) in [5.41, 5.74) is 1.99. The number of nitrogens with one attached hydrogen (secondary N) is 2. The van der Waals surface area contributed by atoms with Gasteiger partial charge in [-0.25, -0.2) is 13.1 Å². The van der Waals surface area contributed by atoms with Crippen molar-refractivity contribution < 1.29 is 13.3 Å². The van der Waals surface area contributed by atoms with Gasteiger partial charge in [-0.15, -0.1) is 0 Å². The molecule has 0 aromatic heterocycles. The highest BCUT2D eigenvalue weighted by molar-refractivity contribution is 7.89. The zero-order chi connectivity index (χ0) is 13.8. The molecule has 0 radical (unpaired) electrons. The van der Waals surface area contributed by atoms with Crippen molar-refractivity contribution in [1.82, 2.24) is 4.72 Å². The minimum atomic E-state index is -3.82. The van der Waals surface area contributed by atoms with Crippen molar-refractivity contribution in [2.24, 2.45) is 5.84 Å². The molecule has 1 aromatic rings. The third-order valence-electron chi connectivity index (χ3n) is 2.16.